The number of pyridine rings is 1. The maximum absolute atomic E-state index is 13.8. The van der Waals surface area contributed by atoms with E-state index in [0.717, 1.165) is 0 Å². The number of hydrogen-bond donors (Lipinski definition) is 1. The summed E-state index contributed by atoms with van der Waals surface area (Å²) in [6.07, 6.45) is -0.678. The zero-order valence-electron chi connectivity index (χ0n) is 12.5. The number of aliphatic hydroxyl groups excluding tert-OH is 1. The van der Waals surface area contributed by atoms with E-state index in [1.165, 1.54) is 6.07 Å². The van der Waals surface area contributed by atoms with E-state index in [1.54, 1.807) is 25.1 Å². The van der Waals surface area contributed by atoms with Gasteiger partial charge in [0.05, 0.1) is 12.7 Å². The van der Waals surface area contributed by atoms with Gasteiger partial charge in [0.1, 0.15) is 29.8 Å². The summed E-state index contributed by atoms with van der Waals surface area (Å²) in [4.78, 5) is 4.18. The number of halogens is 1. The van der Waals surface area contributed by atoms with Gasteiger partial charge in [-0.3, -0.25) is 0 Å². The number of aryl methyl sites for hydroxylation is 1. The number of ether oxygens (including phenoxy) is 2. The molecule has 0 aliphatic heterocycles. The molecule has 1 aromatic carbocycles. The highest BCUT2D eigenvalue weighted by Crippen LogP contribution is 2.27. The third-order valence-electron chi connectivity index (χ3n) is 2.93. The SMILES string of the molecule is Cc1cc(OCC(O)COC(C)C)c2cccc(F)c2n1. The number of nitrogens with zero attached hydrogens (tertiary/aromatic N) is 1. The summed E-state index contributed by atoms with van der Waals surface area (Å²) in [6, 6.07) is 6.46. The lowest BCUT2D eigenvalue weighted by Gasteiger charge is -2.16. The van der Waals surface area contributed by atoms with Crippen molar-refractivity contribution >= 4 is 10.9 Å². The molecule has 0 spiro atoms. The van der Waals surface area contributed by atoms with Crippen LogP contribution in [0.2, 0.25) is 0 Å². The van der Waals surface area contributed by atoms with Crippen LogP contribution < -0.4 is 4.74 Å². The smallest absolute Gasteiger partial charge is 0.149 e. The van der Waals surface area contributed by atoms with Crippen LogP contribution in [-0.4, -0.2) is 35.5 Å². The van der Waals surface area contributed by atoms with Crippen molar-refractivity contribution in [1.29, 1.82) is 0 Å². The molecule has 2 rings (SSSR count). The number of hydrogen-bond acceptors (Lipinski definition) is 4. The van der Waals surface area contributed by atoms with Gasteiger partial charge in [0.15, 0.2) is 0 Å². The minimum absolute atomic E-state index is 0.0535. The quantitative estimate of drug-likeness (QED) is 0.890. The average Bonchev–Trinajstić information content (AvgIpc) is 2.43. The van der Waals surface area contributed by atoms with Crippen LogP contribution in [0.1, 0.15) is 19.5 Å². The van der Waals surface area contributed by atoms with Gasteiger partial charge in [0, 0.05) is 17.1 Å². The van der Waals surface area contributed by atoms with Gasteiger partial charge < -0.3 is 14.6 Å². The van der Waals surface area contributed by atoms with Crippen molar-refractivity contribution in [1.82, 2.24) is 4.98 Å². The Kier molecular flexibility index (Phi) is 5.09. The molecule has 0 amide bonds. The van der Waals surface area contributed by atoms with Gasteiger partial charge in [-0.25, -0.2) is 9.37 Å². The minimum Gasteiger partial charge on any atom is -0.490 e. The van der Waals surface area contributed by atoms with Crippen LogP contribution in [0.25, 0.3) is 10.9 Å². The van der Waals surface area contributed by atoms with E-state index in [4.69, 9.17) is 9.47 Å². The van der Waals surface area contributed by atoms with E-state index in [9.17, 15) is 9.50 Å². The Bertz CT molecular complexity index is 616. The molecule has 1 atom stereocenters. The Morgan fingerprint density at radius 1 is 1.29 bits per heavy atom. The lowest BCUT2D eigenvalue weighted by molar-refractivity contribution is -0.0120. The van der Waals surface area contributed by atoms with Crippen LogP contribution in [0.3, 0.4) is 0 Å². The molecular weight excluding hydrogens is 273 g/mol. The van der Waals surface area contributed by atoms with Crippen molar-refractivity contribution in [3.05, 3.63) is 35.8 Å². The number of aromatic nitrogens is 1. The Labute approximate surface area is 123 Å². The Hall–Kier alpha value is -1.72. The van der Waals surface area contributed by atoms with Crippen molar-refractivity contribution in [2.45, 2.75) is 33.0 Å². The fourth-order valence-electron chi connectivity index (χ4n) is 1.96. The second-order valence-electron chi connectivity index (χ2n) is 5.24. The van der Waals surface area contributed by atoms with E-state index in [-0.39, 0.29) is 30.7 Å². The predicted octanol–water partition coefficient (Wildman–Crippen LogP) is 2.85. The van der Waals surface area contributed by atoms with Gasteiger partial charge >= 0.3 is 0 Å². The highest BCUT2D eigenvalue weighted by atomic mass is 19.1. The summed E-state index contributed by atoms with van der Waals surface area (Å²) in [5.74, 6) is 0.130. The summed E-state index contributed by atoms with van der Waals surface area (Å²) < 4.78 is 24.7. The number of aliphatic hydroxyl groups is 1. The van der Waals surface area contributed by atoms with Gasteiger partial charge in [-0.1, -0.05) is 6.07 Å². The van der Waals surface area contributed by atoms with E-state index < -0.39 is 6.10 Å². The van der Waals surface area contributed by atoms with Crippen LogP contribution >= 0.6 is 0 Å². The van der Waals surface area contributed by atoms with Crippen LogP contribution in [0.5, 0.6) is 5.75 Å². The van der Waals surface area contributed by atoms with Gasteiger partial charge in [-0.05, 0) is 32.9 Å². The molecule has 0 saturated heterocycles. The molecule has 0 bridgehead atoms. The Morgan fingerprint density at radius 2 is 2.05 bits per heavy atom. The van der Waals surface area contributed by atoms with E-state index >= 15 is 0 Å². The van der Waals surface area contributed by atoms with Gasteiger partial charge in [0.2, 0.25) is 0 Å². The molecule has 114 valence electrons. The molecule has 1 aromatic heterocycles. The van der Waals surface area contributed by atoms with E-state index in [1.807, 2.05) is 13.8 Å². The summed E-state index contributed by atoms with van der Waals surface area (Å²) in [5, 5.41) is 10.4. The average molecular weight is 293 g/mol. The van der Waals surface area contributed by atoms with Crippen LogP contribution in [0.15, 0.2) is 24.3 Å². The first-order valence-corrected chi connectivity index (χ1v) is 6.95. The molecule has 0 saturated carbocycles. The maximum Gasteiger partial charge on any atom is 0.149 e. The lowest BCUT2D eigenvalue weighted by atomic mass is 10.2. The highest BCUT2D eigenvalue weighted by Gasteiger charge is 2.12. The lowest BCUT2D eigenvalue weighted by Crippen LogP contribution is -2.25. The second-order valence-corrected chi connectivity index (χ2v) is 5.24. The zero-order valence-corrected chi connectivity index (χ0v) is 12.5. The zero-order chi connectivity index (χ0) is 15.4. The normalized spacial score (nSPS) is 12.9. The fraction of sp³-hybridized carbons (Fsp3) is 0.438. The van der Waals surface area contributed by atoms with Crippen LogP contribution in [0.4, 0.5) is 4.39 Å². The maximum atomic E-state index is 13.8. The molecule has 0 radical (unpaired) electrons. The van der Waals surface area contributed by atoms with Gasteiger partial charge in [0.25, 0.3) is 0 Å². The molecule has 0 aliphatic rings. The Morgan fingerprint density at radius 3 is 2.76 bits per heavy atom. The molecule has 5 heteroatoms. The van der Waals surface area contributed by atoms with Gasteiger partial charge in [-0.2, -0.15) is 0 Å². The first kappa shape index (κ1) is 15.7. The topological polar surface area (TPSA) is 51.6 Å². The monoisotopic (exact) mass is 293 g/mol. The van der Waals surface area contributed by atoms with Crippen LogP contribution in [-0.2, 0) is 4.74 Å². The van der Waals surface area contributed by atoms with Crippen molar-refractivity contribution in [3.8, 4) is 5.75 Å². The summed E-state index contributed by atoms with van der Waals surface area (Å²) in [6.45, 7) is 5.86. The molecule has 0 aliphatic carbocycles. The van der Waals surface area contributed by atoms with Crippen molar-refractivity contribution in [2.75, 3.05) is 13.2 Å². The third-order valence-corrected chi connectivity index (χ3v) is 2.93. The summed E-state index contributed by atoms with van der Waals surface area (Å²) in [5.41, 5.74) is 0.941. The first-order chi connectivity index (χ1) is 9.97. The molecule has 2 aromatic rings. The third kappa shape index (κ3) is 4.12. The number of benzene rings is 1. The molecule has 0 fully saturated rings. The number of fused-ring (bicyclic) bond motifs is 1. The largest absolute Gasteiger partial charge is 0.490 e. The number of para-hydroxylation sites is 1. The van der Waals surface area contributed by atoms with Crippen molar-refractivity contribution in [3.63, 3.8) is 0 Å². The fourth-order valence-corrected chi connectivity index (χ4v) is 1.96. The van der Waals surface area contributed by atoms with Gasteiger partial charge in [-0.15, -0.1) is 0 Å². The molecule has 1 N–H and O–H groups in total. The van der Waals surface area contributed by atoms with Crippen molar-refractivity contribution < 1.29 is 19.0 Å². The molecule has 1 heterocycles. The number of rotatable bonds is 6. The van der Waals surface area contributed by atoms with Crippen molar-refractivity contribution in [2.24, 2.45) is 0 Å². The Balaban J connectivity index is 2.13. The van der Waals surface area contributed by atoms with Crippen LogP contribution in [0, 0.1) is 12.7 Å². The molecule has 21 heavy (non-hydrogen) atoms. The summed E-state index contributed by atoms with van der Waals surface area (Å²) >= 11 is 0. The first-order valence-electron chi connectivity index (χ1n) is 6.95. The highest BCUT2D eigenvalue weighted by molar-refractivity contribution is 5.85. The predicted molar refractivity (Wildman–Crippen MR) is 79.0 cm³/mol. The molecular formula is C16H20FNO3. The van der Waals surface area contributed by atoms with E-state index in [0.29, 0.717) is 16.8 Å². The second kappa shape index (κ2) is 6.83. The molecule has 1 unspecified atom stereocenters. The standard InChI is InChI=1S/C16H20FNO3/c1-10(2)20-8-12(19)9-21-15-7-11(3)18-16-13(15)5-4-6-14(16)17/h4-7,10,12,19H,8-9H2,1-3H3. The minimum atomic E-state index is -0.732. The van der Waals surface area contributed by atoms with E-state index in [2.05, 4.69) is 4.98 Å². The summed E-state index contributed by atoms with van der Waals surface area (Å²) in [7, 11) is 0. The molecule has 4 nitrogen and oxygen atoms in total.